The van der Waals surface area contributed by atoms with Crippen molar-refractivity contribution < 1.29 is 17.9 Å². The molecule has 1 aliphatic heterocycles. The molecule has 160 valence electrons. The molecule has 0 unspecified atom stereocenters. The Bertz CT molecular complexity index is 1160. The highest BCUT2D eigenvalue weighted by molar-refractivity contribution is 7.89. The molecule has 7 nitrogen and oxygen atoms in total. The summed E-state index contributed by atoms with van der Waals surface area (Å²) in [6, 6.07) is 16.8. The molecule has 31 heavy (non-hydrogen) atoms. The van der Waals surface area contributed by atoms with Crippen LogP contribution in [0.25, 0.3) is 0 Å². The first-order valence-corrected chi connectivity index (χ1v) is 11.5. The minimum absolute atomic E-state index is 0.0839. The van der Waals surface area contributed by atoms with Gasteiger partial charge in [-0.25, -0.2) is 8.42 Å². The maximum atomic E-state index is 12.9. The van der Waals surface area contributed by atoms with Crippen molar-refractivity contribution in [3.05, 3.63) is 83.6 Å². The molecule has 1 aromatic heterocycles. The van der Waals surface area contributed by atoms with Crippen LogP contribution in [0.4, 0.5) is 0 Å². The molecule has 0 N–H and O–H groups in total. The standard InChI is InChI=1S/C22H20ClN3O4S/c23-20-5-1-2-6-21(20)31(28,29)26-14-12-25(13-15-26)22(27)17-7-9-18(10-8-17)30-19-4-3-11-24-16-19/h1-11,16H,12-15H2. The number of carbonyl (C=O) groups excluding carboxylic acids is 1. The molecular weight excluding hydrogens is 438 g/mol. The van der Waals surface area contributed by atoms with Gasteiger partial charge in [0.15, 0.2) is 0 Å². The third-order valence-corrected chi connectivity index (χ3v) is 7.35. The van der Waals surface area contributed by atoms with Gasteiger partial charge in [-0.2, -0.15) is 4.31 Å². The van der Waals surface area contributed by atoms with Gasteiger partial charge in [-0.15, -0.1) is 0 Å². The Kier molecular flexibility index (Phi) is 6.22. The number of rotatable bonds is 5. The van der Waals surface area contributed by atoms with Crippen LogP contribution < -0.4 is 4.74 Å². The van der Waals surface area contributed by atoms with Gasteiger partial charge < -0.3 is 9.64 Å². The summed E-state index contributed by atoms with van der Waals surface area (Å²) < 4.78 is 32.8. The smallest absolute Gasteiger partial charge is 0.253 e. The summed E-state index contributed by atoms with van der Waals surface area (Å²) in [7, 11) is -3.70. The summed E-state index contributed by atoms with van der Waals surface area (Å²) in [6.45, 7) is 1.02. The first-order valence-electron chi connectivity index (χ1n) is 9.67. The monoisotopic (exact) mass is 457 g/mol. The van der Waals surface area contributed by atoms with Crippen LogP contribution in [0.5, 0.6) is 11.5 Å². The average molecular weight is 458 g/mol. The Balaban J connectivity index is 1.39. The molecule has 2 heterocycles. The molecule has 0 atom stereocenters. The molecule has 4 rings (SSSR count). The molecule has 9 heteroatoms. The van der Waals surface area contributed by atoms with E-state index in [2.05, 4.69) is 4.98 Å². The van der Waals surface area contributed by atoms with Gasteiger partial charge in [0.1, 0.15) is 16.4 Å². The molecule has 0 radical (unpaired) electrons. The predicted octanol–water partition coefficient (Wildman–Crippen LogP) is 3.67. The van der Waals surface area contributed by atoms with E-state index >= 15 is 0 Å². The number of halogens is 1. The largest absolute Gasteiger partial charge is 0.456 e. The van der Waals surface area contributed by atoms with Gasteiger partial charge in [0.2, 0.25) is 10.0 Å². The second-order valence-electron chi connectivity index (χ2n) is 6.94. The fourth-order valence-electron chi connectivity index (χ4n) is 3.32. The summed E-state index contributed by atoms with van der Waals surface area (Å²) in [6.07, 6.45) is 3.27. The van der Waals surface area contributed by atoms with E-state index in [1.165, 1.54) is 10.4 Å². The summed E-state index contributed by atoms with van der Waals surface area (Å²) in [5.41, 5.74) is 0.515. The molecule has 1 fully saturated rings. The van der Waals surface area contributed by atoms with Gasteiger partial charge in [0.25, 0.3) is 5.91 Å². The summed E-state index contributed by atoms with van der Waals surface area (Å²) in [5, 5.41) is 0.189. The van der Waals surface area contributed by atoms with Crippen molar-refractivity contribution in [2.45, 2.75) is 4.90 Å². The molecule has 2 aromatic carbocycles. The van der Waals surface area contributed by atoms with Crippen LogP contribution in [-0.4, -0.2) is 54.7 Å². The minimum Gasteiger partial charge on any atom is -0.456 e. The van der Waals surface area contributed by atoms with Gasteiger partial charge >= 0.3 is 0 Å². The lowest BCUT2D eigenvalue weighted by molar-refractivity contribution is 0.0698. The number of aromatic nitrogens is 1. The van der Waals surface area contributed by atoms with Gasteiger partial charge in [-0.1, -0.05) is 23.7 Å². The van der Waals surface area contributed by atoms with Crippen LogP contribution in [-0.2, 0) is 10.0 Å². The number of carbonyl (C=O) groups is 1. The highest BCUT2D eigenvalue weighted by atomic mass is 35.5. The minimum atomic E-state index is -3.70. The van der Waals surface area contributed by atoms with Crippen molar-refractivity contribution in [2.75, 3.05) is 26.2 Å². The molecule has 1 amide bonds. The zero-order valence-electron chi connectivity index (χ0n) is 16.5. The first kappa shape index (κ1) is 21.3. The van der Waals surface area contributed by atoms with Crippen molar-refractivity contribution in [1.82, 2.24) is 14.2 Å². The third kappa shape index (κ3) is 4.71. The van der Waals surface area contributed by atoms with Crippen molar-refractivity contribution in [3.8, 4) is 11.5 Å². The van der Waals surface area contributed by atoms with E-state index in [9.17, 15) is 13.2 Å². The maximum absolute atomic E-state index is 12.9. The van der Waals surface area contributed by atoms with Gasteiger partial charge in [-0.05, 0) is 48.5 Å². The maximum Gasteiger partial charge on any atom is 0.253 e. The van der Waals surface area contributed by atoms with Gasteiger partial charge in [0.05, 0.1) is 11.2 Å². The number of benzene rings is 2. The summed E-state index contributed by atoms with van der Waals surface area (Å²) in [5.74, 6) is 1.06. The fraction of sp³-hybridized carbons (Fsp3) is 0.182. The average Bonchev–Trinajstić information content (AvgIpc) is 2.80. The highest BCUT2D eigenvalue weighted by Gasteiger charge is 2.31. The Labute approximate surface area is 185 Å². The van der Waals surface area contributed by atoms with Crippen LogP contribution in [0.2, 0.25) is 5.02 Å². The van der Waals surface area contributed by atoms with E-state index in [0.29, 0.717) is 30.2 Å². The van der Waals surface area contributed by atoms with E-state index in [0.717, 1.165) is 0 Å². The van der Waals surface area contributed by atoms with Crippen LogP contribution in [0, 0.1) is 0 Å². The lowest BCUT2D eigenvalue weighted by Gasteiger charge is -2.34. The molecule has 3 aromatic rings. The molecular formula is C22H20ClN3O4S. The molecule has 0 spiro atoms. The number of ether oxygens (including phenoxy) is 1. The lowest BCUT2D eigenvalue weighted by Crippen LogP contribution is -2.50. The SMILES string of the molecule is O=C(c1ccc(Oc2cccnc2)cc1)N1CCN(S(=O)(=O)c2ccccc2Cl)CC1. The van der Waals surface area contributed by atoms with Crippen molar-refractivity contribution in [3.63, 3.8) is 0 Å². The van der Waals surface area contributed by atoms with Crippen LogP contribution in [0.15, 0.2) is 78.0 Å². The van der Waals surface area contributed by atoms with Crippen LogP contribution in [0.3, 0.4) is 0 Å². The number of hydrogen-bond acceptors (Lipinski definition) is 5. The Hall–Kier alpha value is -2.94. The number of nitrogens with zero attached hydrogens (tertiary/aromatic N) is 3. The van der Waals surface area contributed by atoms with Gasteiger partial charge in [-0.3, -0.25) is 9.78 Å². The Morgan fingerprint density at radius 2 is 1.61 bits per heavy atom. The van der Waals surface area contributed by atoms with Crippen molar-refractivity contribution in [1.29, 1.82) is 0 Å². The molecule has 1 saturated heterocycles. The number of pyridine rings is 1. The second kappa shape index (κ2) is 9.05. The number of amides is 1. The Morgan fingerprint density at radius 3 is 2.26 bits per heavy atom. The number of sulfonamides is 1. The molecule has 0 bridgehead atoms. The quantitative estimate of drug-likeness (QED) is 0.584. The summed E-state index contributed by atoms with van der Waals surface area (Å²) >= 11 is 6.07. The fourth-order valence-corrected chi connectivity index (χ4v) is 5.23. The predicted molar refractivity (Wildman–Crippen MR) is 117 cm³/mol. The van der Waals surface area contributed by atoms with Crippen LogP contribution in [0.1, 0.15) is 10.4 Å². The highest BCUT2D eigenvalue weighted by Crippen LogP contribution is 2.26. The van der Waals surface area contributed by atoms with Gasteiger partial charge in [0, 0.05) is 37.9 Å². The number of hydrogen-bond donors (Lipinski definition) is 0. The topological polar surface area (TPSA) is 79.8 Å². The zero-order chi connectivity index (χ0) is 21.8. The van der Waals surface area contributed by atoms with Crippen molar-refractivity contribution >= 4 is 27.5 Å². The third-order valence-electron chi connectivity index (χ3n) is 4.95. The summed E-state index contributed by atoms with van der Waals surface area (Å²) in [4.78, 5) is 18.6. The van der Waals surface area contributed by atoms with E-state index in [1.54, 1.807) is 71.9 Å². The second-order valence-corrected chi connectivity index (χ2v) is 9.26. The number of piperazine rings is 1. The van der Waals surface area contributed by atoms with E-state index in [-0.39, 0.29) is 28.9 Å². The molecule has 1 aliphatic rings. The van der Waals surface area contributed by atoms with E-state index in [4.69, 9.17) is 16.3 Å². The van der Waals surface area contributed by atoms with Crippen LogP contribution >= 0.6 is 11.6 Å². The van der Waals surface area contributed by atoms with E-state index < -0.39 is 10.0 Å². The lowest BCUT2D eigenvalue weighted by atomic mass is 10.2. The normalized spacial score (nSPS) is 14.9. The first-order chi connectivity index (χ1) is 14.9. The zero-order valence-corrected chi connectivity index (χ0v) is 18.1. The molecule has 0 saturated carbocycles. The molecule has 0 aliphatic carbocycles. The van der Waals surface area contributed by atoms with E-state index in [1.807, 2.05) is 0 Å². The van der Waals surface area contributed by atoms with Crippen molar-refractivity contribution in [2.24, 2.45) is 0 Å². The Morgan fingerprint density at radius 1 is 0.903 bits per heavy atom.